The van der Waals surface area contributed by atoms with E-state index < -0.39 is 11.9 Å². The molecule has 1 saturated heterocycles. The lowest BCUT2D eigenvalue weighted by Gasteiger charge is -2.29. The summed E-state index contributed by atoms with van der Waals surface area (Å²) in [5.74, 6) is -1.09. The fourth-order valence-electron chi connectivity index (χ4n) is 4.65. The lowest BCUT2D eigenvalue weighted by atomic mass is 9.84. The minimum Gasteiger partial charge on any atom is -0.368 e. The number of hydrogen-bond donors (Lipinski definition) is 3. The van der Waals surface area contributed by atoms with Gasteiger partial charge < -0.3 is 5.73 Å². The summed E-state index contributed by atoms with van der Waals surface area (Å²) >= 11 is 0. The highest BCUT2D eigenvalue weighted by molar-refractivity contribution is 6.06. The summed E-state index contributed by atoms with van der Waals surface area (Å²) in [5, 5.41) is 8.86. The highest BCUT2D eigenvalue weighted by Gasteiger charge is 2.44. The number of benzene rings is 1. The molecule has 0 spiro atoms. The van der Waals surface area contributed by atoms with E-state index in [1.807, 2.05) is 12.1 Å². The zero-order valence-electron chi connectivity index (χ0n) is 16.8. The molecule has 1 aromatic carbocycles. The van der Waals surface area contributed by atoms with E-state index in [2.05, 4.69) is 5.48 Å². The van der Waals surface area contributed by atoms with Crippen LogP contribution >= 0.6 is 0 Å². The second-order valence-electron chi connectivity index (χ2n) is 8.36. The van der Waals surface area contributed by atoms with E-state index in [0.717, 1.165) is 44.1 Å². The summed E-state index contributed by atoms with van der Waals surface area (Å²) in [5.41, 5.74) is 9.41. The van der Waals surface area contributed by atoms with E-state index in [4.69, 9.17) is 10.9 Å². The Bertz CT molecular complexity index is 728. The molecule has 2 atom stereocenters. The van der Waals surface area contributed by atoms with E-state index in [9.17, 15) is 14.4 Å². The van der Waals surface area contributed by atoms with Crippen molar-refractivity contribution in [2.75, 3.05) is 5.48 Å². The van der Waals surface area contributed by atoms with E-state index in [1.54, 1.807) is 12.1 Å². The van der Waals surface area contributed by atoms with E-state index in [-0.39, 0.29) is 24.2 Å². The molecule has 0 radical (unpaired) electrons. The number of carbonyl (C=O) groups is 3. The van der Waals surface area contributed by atoms with E-state index in [1.165, 1.54) is 11.3 Å². The Kier molecular flexibility index (Phi) is 7.25. The number of amides is 3. The van der Waals surface area contributed by atoms with Crippen LogP contribution in [0.1, 0.15) is 63.4 Å². The number of hydrogen-bond acceptors (Lipinski definition) is 5. The topological polar surface area (TPSA) is 113 Å². The number of carbonyl (C=O) groups excluding carboxylic acids is 3. The van der Waals surface area contributed by atoms with Gasteiger partial charge in [-0.1, -0.05) is 44.2 Å². The molecule has 2 aliphatic rings. The predicted molar refractivity (Wildman–Crippen MR) is 109 cm³/mol. The first kappa shape index (κ1) is 21.3. The number of anilines is 1. The smallest absolute Gasteiger partial charge is 0.240 e. The monoisotopic (exact) mass is 401 g/mol. The molecule has 7 heteroatoms. The summed E-state index contributed by atoms with van der Waals surface area (Å²) in [4.78, 5) is 38.7. The number of nitrogens with two attached hydrogens (primary N) is 1. The van der Waals surface area contributed by atoms with Gasteiger partial charge in [-0.3, -0.25) is 30.0 Å². The zero-order chi connectivity index (χ0) is 20.8. The van der Waals surface area contributed by atoms with Crippen LogP contribution < -0.4 is 11.2 Å². The van der Waals surface area contributed by atoms with E-state index in [0.29, 0.717) is 24.4 Å². The lowest BCUT2D eigenvalue weighted by Crippen LogP contribution is -2.49. The molecule has 7 nitrogen and oxygen atoms in total. The Morgan fingerprint density at radius 2 is 1.86 bits per heavy atom. The Balaban J connectivity index is 1.56. The molecule has 1 aliphatic heterocycles. The average molecular weight is 402 g/mol. The van der Waals surface area contributed by atoms with Gasteiger partial charge in [0.1, 0.15) is 6.04 Å². The molecule has 3 rings (SSSR count). The van der Waals surface area contributed by atoms with Gasteiger partial charge in [-0.15, -0.1) is 0 Å². The molecule has 1 heterocycles. The zero-order valence-corrected chi connectivity index (χ0v) is 16.8. The van der Waals surface area contributed by atoms with Gasteiger partial charge in [-0.05, 0) is 49.3 Å². The van der Waals surface area contributed by atoms with Crippen LogP contribution in [0, 0.1) is 11.8 Å². The van der Waals surface area contributed by atoms with Gasteiger partial charge in [0.05, 0.1) is 5.69 Å². The summed E-state index contributed by atoms with van der Waals surface area (Å²) < 4.78 is 0. The molecule has 0 aromatic heterocycles. The van der Waals surface area contributed by atoms with Crippen molar-refractivity contribution >= 4 is 23.4 Å². The molecule has 1 aromatic rings. The van der Waals surface area contributed by atoms with Crippen LogP contribution in [-0.2, 0) is 20.8 Å². The summed E-state index contributed by atoms with van der Waals surface area (Å²) in [6.07, 6.45) is 8.38. The van der Waals surface area contributed by atoms with Gasteiger partial charge in [-0.25, -0.2) is 0 Å². The minimum absolute atomic E-state index is 0.167. The lowest BCUT2D eigenvalue weighted by molar-refractivity contribution is -0.147. The van der Waals surface area contributed by atoms with Gasteiger partial charge in [0, 0.05) is 12.3 Å². The Labute approximate surface area is 171 Å². The predicted octanol–water partition coefficient (Wildman–Crippen LogP) is 3.01. The number of primary amides is 1. The minimum atomic E-state index is -0.804. The molecule has 1 saturated carbocycles. The molecule has 0 unspecified atom stereocenters. The fraction of sp³-hybridized carbons (Fsp3) is 0.591. The van der Waals surface area contributed by atoms with Crippen molar-refractivity contribution in [3.63, 3.8) is 0 Å². The number of nitrogens with one attached hydrogen (secondary N) is 1. The Morgan fingerprint density at radius 3 is 2.48 bits per heavy atom. The maximum atomic E-state index is 12.9. The van der Waals surface area contributed by atoms with Crippen LogP contribution in [0.15, 0.2) is 24.3 Å². The van der Waals surface area contributed by atoms with Gasteiger partial charge in [0.2, 0.25) is 17.7 Å². The van der Waals surface area contributed by atoms with Gasteiger partial charge in [-0.2, -0.15) is 0 Å². The molecule has 0 bridgehead atoms. The van der Waals surface area contributed by atoms with Crippen LogP contribution in [0.25, 0.3) is 0 Å². The summed E-state index contributed by atoms with van der Waals surface area (Å²) in [7, 11) is 0. The highest BCUT2D eigenvalue weighted by Crippen LogP contribution is 2.32. The molecule has 4 N–H and O–H groups in total. The van der Waals surface area contributed by atoms with Gasteiger partial charge >= 0.3 is 0 Å². The Morgan fingerprint density at radius 1 is 1.17 bits per heavy atom. The quantitative estimate of drug-likeness (QED) is 0.435. The third kappa shape index (κ3) is 5.35. The van der Waals surface area contributed by atoms with Crippen LogP contribution in [0.3, 0.4) is 0 Å². The SMILES string of the molecule is NC(=O)[C@H](CC1CCCCC1)N1C(=O)C[C@@H](CCCc2ccc(NO)cc2)C1=O. The molecule has 158 valence electrons. The first-order chi connectivity index (χ1) is 14.0. The maximum absolute atomic E-state index is 12.9. The first-order valence-electron chi connectivity index (χ1n) is 10.6. The van der Waals surface area contributed by atoms with Crippen molar-refractivity contribution in [3.05, 3.63) is 29.8 Å². The maximum Gasteiger partial charge on any atom is 0.240 e. The number of likely N-dealkylation sites (tertiary alicyclic amines) is 1. The van der Waals surface area contributed by atoms with E-state index >= 15 is 0 Å². The normalized spacial score (nSPS) is 21.4. The molecule has 3 amide bonds. The Hall–Kier alpha value is -2.41. The third-order valence-electron chi connectivity index (χ3n) is 6.30. The molecule has 29 heavy (non-hydrogen) atoms. The largest absolute Gasteiger partial charge is 0.368 e. The van der Waals surface area contributed by atoms with Crippen LogP contribution in [0.4, 0.5) is 5.69 Å². The summed E-state index contributed by atoms with van der Waals surface area (Å²) in [6.45, 7) is 0. The van der Waals surface area contributed by atoms with Crippen molar-refractivity contribution in [2.24, 2.45) is 17.6 Å². The van der Waals surface area contributed by atoms with Crippen molar-refractivity contribution in [1.29, 1.82) is 0 Å². The van der Waals surface area contributed by atoms with Crippen molar-refractivity contribution in [1.82, 2.24) is 4.90 Å². The van der Waals surface area contributed by atoms with Crippen molar-refractivity contribution < 1.29 is 19.6 Å². The molecule has 1 aliphatic carbocycles. The number of nitrogens with zero attached hydrogens (tertiary/aromatic N) is 1. The fourth-order valence-corrected chi connectivity index (χ4v) is 4.65. The van der Waals surface area contributed by atoms with Gasteiger partial charge in [0.15, 0.2) is 0 Å². The van der Waals surface area contributed by atoms with Crippen molar-refractivity contribution in [3.8, 4) is 0 Å². The molecule has 2 fully saturated rings. The summed E-state index contributed by atoms with van der Waals surface area (Å²) in [6, 6.07) is 6.59. The second-order valence-corrected chi connectivity index (χ2v) is 8.36. The third-order valence-corrected chi connectivity index (χ3v) is 6.30. The van der Waals surface area contributed by atoms with Crippen LogP contribution in [0.2, 0.25) is 0 Å². The number of aryl methyl sites for hydroxylation is 1. The highest BCUT2D eigenvalue weighted by atomic mass is 16.5. The second kappa shape index (κ2) is 9.87. The first-order valence-corrected chi connectivity index (χ1v) is 10.6. The average Bonchev–Trinajstić information content (AvgIpc) is 3.00. The van der Waals surface area contributed by atoms with Gasteiger partial charge in [0.25, 0.3) is 0 Å². The van der Waals surface area contributed by atoms with Crippen LogP contribution in [0.5, 0.6) is 0 Å². The molecular formula is C22H31N3O4. The number of imide groups is 1. The van der Waals surface area contributed by atoms with Crippen LogP contribution in [-0.4, -0.2) is 33.9 Å². The standard InChI is InChI=1S/C22H31N3O4/c23-21(27)19(13-16-5-2-1-3-6-16)25-20(26)14-17(22(25)28)8-4-7-15-9-11-18(24-29)12-10-15/h9-12,16-17,19,24,29H,1-8,13-14H2,(H2,23,27)/t17-,19+/m1/s1. The number of rotatable bonds is 9. The van der Waals surface area contributed by atoms with Crippen molar-refractivity contribution in [2.45, 2.75) is 70.3 Å². The molecular weight excluding hydrogens is 370 g/mol.